The van der Waals surface area contributed by atoms with Gasteiger partial charge in [-0.05, 0) is 37.3 Å². The lowest BCUT2D eigenvalue weighted by Gasteiger charge is -2.33. The van der Waals surface area contributed by atoms with Crippen LogP contribution in [-0.4, -0.2) is 53.1 Å². The van der Waals surface area contributed by atoms with Crippen LogP contribution in [0.3, 0.4) is 0 Å². The Balaban J connectivity index is 0.00000242. The van der Waals surface area contributed by atoms with Gasteiger partial charge in [-0.25, -0.2) is 9.97 Å². The molecule has 0 radical (unpaired) electrons. The minimum absolute atomic E-state index is 0. The van der Waals surface area contributed by atoms with Crippen LogP contribution in [0.1, 0.15) is 19.3 Å². The van der Waals surface area contributed by atoms with E-state index in [9.17, 15) is 4.79 Å². The van der Waals surface area contributed by atoms with E-state index in [0.717, 1.165) is 37.6 Å². The van der Waals surface area contributed by atoms with Crippen LogP contribution < -0.4 is 16.0 Å². The number of nitrogens with one attached hydrogen (secondary N) is 1. The molecule has 2 heterocycles. The molecule has 6 nitrogen and oxygen atoms in total. The van der Waals surface area contributed by atoms with Crippen LogP contribution in [0.5, 0.6) is 0 Å². The number of aromatic nitrogens is 2. The van der Waals surface area contributed by atoms with Crippen LogP contribution in [0.4, 0.5) is 5.95 Å². The molecule has 0 saturated carbocycles. The largest absolute Gasteiger partial charge is 0.350 e. The lowest BCUT2D eigenvalue weighted by molar-refractivity contribution is -0.123. The lowest BCUT2D eigenvalue weighted by atomic mass is 10.1. The Labute approximate surface area is 142 Å². The van der Waals surface area contributed by atoms with Gasteiger partial charge in [0.05, 0.1) is 6.04 Å². The summed E-state index contributed by atoms with van der Waals surface area (Å²) in [5.74, 6) is 1.58. The van der Waals surface area contributed by atoms with E-state index in [1.807, 2.05) is 6.26 Å². The molecule has 22 heavy (non-hydrogen) atoms. The number of amides is 1. The highest BCUT2D eigenvalue weighted by Crippen LogP contribution is 2.15. The molecule has 1 fully saturated rings. The number of nitrogens with two attached hydrogens (primary N) is 1. The minimum atomic E-state index is -0.416. The Morgan fingerprint density at radius 1 is 1.55 bits per heavy atom. The van der Waals surface area contributed by atoms with Gasteiger partial charge >= 0.3 is 0 Å². The maximum Gasteiger partial charge on any atom is 0.237 e. The van der Waals surface area contributed by atoms with E-state index in [1.165, 1.54) is 0 Å². The van der Waals surface area contributed by atoms with Gasteiger partial charge in [0.2, 0.25) is 11.9 Å². The van der Waals surface area contributed by atoms with Crippen molar-refractivity contribution >= 4 is 36.0 Å². The second-order valence-corrected chi connectivity index (χ2v) is 6.22. The number of nitrogens with zero attached hydrogens (tertiary/aromatic N) is 3. The molecular weight excluding hydrogens is 322 g/mol. The third-order valence-electron chi connectivity index (χ3n) is 3.57. The Kier molecular flexibility index (Phi) is 8.52. The maximum absolute atomic E-state index is 12.1. The van der Waals surface area contributed by atoms with Gasteiger partial charge in [0.1, 0.15) is 0 Å². The number of rotatable bonds is 6. The molecule has 1 unspecified atom stereocenters. The van der Waals surface area contributed by atoms with Crippen LogP contribution in [0, 0.1) is 0 Å². The molecule has 2 atom stereocenters. The van der Waals surface area contributed by atoms with E-state index in [2.05, 4.69) is 20.2 Å². The fourth-order valence-corrected chi connectivity index (χ4v) is 2.90. The fourth-order valence-electron chi connectivity index (χ4n) is 2.42. The van der Waals surface area contributed by atoms with Gasteiger partial charge in [-0.3, -0.25) is 4.79 Å². The Hall–Kier alpha value is -1.05. The molecule has 0 spiro atoms. The van der Waals surface area contributed by atoms with Crippen molar-refractivity contribution in [1.29, 1.82) is 0 Å². The highest BCUT2D eigenvalue weighted by atomic mass is 35.5. The summed E-state index contributed by atoms with van der Waals surface area (Å²) in [6, 6.07) is 1.51. The van der Waals surface area contributed by atoms with Gasteiger partial charge in [-0.15, -0.1) is 12.4 Å². The van der Waals surface area contributed by atoms with Gasteiger partial charge in [-0.1, -0.05) is 0 Å². The van der Waals surface area contributed by atoms with Gasteiger partial charge in [0, 0.05) is 31.5 Å². The SMILES string of the molecule is CSCC[C@H](N)C(=O)NC1CCCN(c2ncccn2)C1.Cl. The zero-order valence-corrected chi connectivity index (χ0v) is 14.4. The summed E-state index contributed by atoms with van der Waals surface area (Å²) in [4.78, 5) is 22.7. The van der Waals surface area contributed by atoms with Crippen molar-refractivity contribution in [2.45, 2.75) is 31.3 Å². The minimum Gasteiger partial charge on any atom is -0.350 e. The first-order valence-corrected chi connectivity index (χ1v) is 8.67. The molecule has 3 N–H and O–H groups in total. The lowest BCUT2D eigenvalue weighted by Crippen LogP contribution is -2.52. The summed E-state index contributed by atoms with van der Waals surface area (Å²) in [6.45, 7) is 1.67. The third kappa shape index (κ3) is 5.62. The van der Waals surface area contributed by atoms with E-state index >= 15 is 0 Å². The van der Waals surface area contributed by atoms with Gasteiger partial charge < -0.3 is 16.0 Å². The fraction of sp³-hybridized carbons (Fsp3) is 0.643. The van der Waals surface area contributed by atoms with Crippen molar-refractivity contribution in [1.82, 2.24) is 15.3 Å². The highest BCUT2D eigenvalue weighted by Gasteiger charge is 2.24. The molecule has 0 bridgehead atoms. The van der Waals surface area contributed by atoms with E-state index < -0.39 is 6.04 Å². The molecule has 8 heteroatoms. The van der Waals surface area contributed by atoms with Crippen molar-refractivity contribution in [2.75, 3.05) is 30.0 Å². The second kappa shape index (κ2) is 9.86. The number of anilines is 1. The van der Waals surface area contributed by atoms with Crippen molar-refractivity contribution < 1.29 is 4.79 Å². The van der Waals surface area contributed by atoms with Crippen LogP contribution in [0.15, 0.2) is 18.5 Å². The molecule has 0 aromatic carbocycles. The first-order valence-electron chi connectivity index (χ1n) is 7.27. The average Bonchev–Trinajstić information content (AvgIpc) is 2.53. The highest BCUT2D eigenvalue weighted by molar-refractivity contribution is 7.98. The molecule has 1 aliphatic rings. The second-order valence-electron chi connectivity index (χ2n) is 5.23. The number of piperidine rings is 1. The first kappa shape index (κ1) is 19.0. The molecule has 1 amide bonds. The first-order chi connectivity index (χ1) is 10.2. The molecule has 2 rings (SSSR count). The average molecular weight is 346 g/mol. The van der Waals surface area contributed by atoms with Crippen molar-refractivity contribution in [3.63, 3.8) is 0 Å². The van der Waals surface area contributed by atoms with Gasteiger partial charge in [-0.2, -0.15) is 11.8 Å². The van der Waals surface area contributed by atoms with Crippen LogP contribution in [0.25, 0.3) is 0 Å². The quantitative estimate of drug-likeness (QED) is 0.802. The maximum atomic E-state index is 12.1. The molecule has 1 aromatic heterocycles. The summed E-state index contributed by atoms with van der Waals surface area (Å²) >= 11 is 1.71. The predicted molar refractivity (Wildman–Crippen MR) is 93.6 cm³/mol. The van der Waals surface area contributed by atoms with Crippen LogP contribution in [-0.2, 0) is 4.79 Å². The number of hydrogen-bond donors (Lipinski definition) is 2. The number of carbonyl (C=O) groups excluding carboxylic acids is 1. The Morgan fingerprint density at radius 3 is 2.95 bits per heavy atom. The normalized spacial score (nSPS) is 19.2. The molecule has 1 aromatic rings. The molecule has 1 aliphatic heterocycles. The number of hydrogen-bond acceptors (Lipinski definition) is 6. The van der Waals surface area contributed by atoms with E-state index in [1.54, 1.807) is 30.2 Å². The molecule has 124 valence electrons. The summed E-state index contributed by atoms with van der Waals surface area (Å²) in [5, 5.41) is 3.06. The summed E-state index contributed by atoms with van der Waals surface area (Å²) in [5.41, 5.74) is 5.90. The zero-order chi connectivity index (χ0) is 15.1. The van der Waals surface area contributed by atoms with E-state index in [-0.39, 0.29) is 24.4 Å². The van der Waals surface area contributed by atoms with Gasteiger partial charge in [0.15, 0.2) is 0 Å². The summed E-state index contributed by atoms with van der Waals surface area (Å²) in [6.07, 6.45) is 8.20. The van der Waals surface area contributed by atoms with Gasteiger partial charge in [0.25, 0.3) is 0 Å². The number of carbonyl (C=O) groups is 1. The molecule has 0 aliphatic carbocycles. The number of halogens is 1. The summed E-state index contributed by atoms with van der Waals surface area (Å²) in [7, 11) is 0. The standard InChI is InChI=1S/C14H23N5OS.ClH/c1-21-9-5-12(15)13(20)18-11-4-2-8-19(10-11)14-16-6-3-7-17-14;/h3,6-7,11-12H,2,4-5,8-10,15H2,1H3,(H,18,20);1H/t11?,12-;/m0./s1. The zero-order valence-electron chi connectivity index (χ0n) is 12.8. The van der Waals surface area contributed by atoms with Crippen molar-refractivity contribution in [3.05, 3.63) is 18.5 Å². The molecular formula is C14H24ClN5OS. The topological polar surface area (TPSA) is 84.1 Å². The predicted octanol–water partition coefficient (Wildman–Crippen LogP) is 1.06. The molecule has 1 saturated heterocycles. The number of thioether (sulfide) groups is 1. The third-order valence-corrected chi connectivity index (χ3v) is 4.22. The Morgan fingerprint density at radius 2 is 2.27 bits per heavy atom. The van der Waals surface area contributed by atoms with E-state index in [0.29, 0.717) is 6.42 Å². The monoisotopic (exact) mass is 345 g/mol. The van der Waals surface area contributed by atoms with Crippen LogP contribution >= 0.6 is 24.2 Å². The Bertz CT molecular complexity index is 450. The van der Waals surface area contributed by atoms with Crippen molar-refractivity contribution in [3.8, 4) is 0 Å². The van der Waals surface area contributed by atoms with Crippen molar-refractivity contribution in [2.24, 2.45) is 5.73 Å². The summed E-state index contributed by atoms with van der Waals surface area (Å²) < 4.78 is 0. The van der Waals surface area contributed by atoms with Crippen LogP contribution in [0.2, 0.25) is 0 Å². The van der Waals surface area contributed by atoms with E-state index in [4.69, 9.17) is 5.73 Å². The smallest absolute Gasteiger partial charge is 0.237 e.